The Morgan fingerprint density at radius 3 is 2.89 bits per heavy atom. The highest BCUT2D eigenvalue weighted by atomic mass is 16.5. The average Bonchev–Trinajstić information content (AvgIpc) is 2.73. The number of anilines is 1. The summed E-state index contributed by atoms with van der Waals surface area (Å²) in [5, 5.41) is 0. The van der Waals surface area contributed by atoms with Crippen LogP contribution < -0.4 is 15.2 Å². The summed E-state index contributed by atoms with van der Waals surface area (Å²) in [6.45, 7) is 2.47. The summed E-state index contributed by atoms with van der Waals surface area (Å²) in [6.07, 6.45) is 2.07. The second-order valence-corrected chi connectivity index (χ2v) is 7.07. The van der Waals surface area contributed by atoms with E-state index in [-0.39, 0.29) is 11.7 Å². The lowest BCUT2D eigenvalue weighted by Gasteiger charge is -2.21. The van der Waals surface area contributed by atoms with Crippen LogP contribution in [0.5, 0.6) is 11.5 Å². The van der Waals surface area contributed by atoms with Crippen LogP contribution in [0.2, 0.25) is 0 Å². The normalized spacial score (nSPS) is 13.1. The molecule has 0 saturated heterocycles. The number of benzene rings is 2. The molecular weight excluding hydrogens is 352 g/mol. The van der Waals surface area contributed by atoms with Crippen LogP contribution in [0, 0.1) is 0 Å². The molecule has 4 rings (SSSR count). The zero-order valence-electron chi connectivity index (χ0n) is 15.9. The lowest BCUT2D eigenvalue weighted by molar-refractivity contribution is 0.0975. The van der Waals surface area contributed by atoms with Gasteiger partial charge in [0.15, 0.2) is 5.78 Å². The van der Waals surface area contributed by atoms with Gasteiger partial charge in [-0.05, 0) is 46.9 Å². The molecular formula is C23H22N2O3. The van der Waals surface area contributed by atoms with E-state index in [0.29, 0.717) is 30.2 Å². The molecule has 1 aliphatic heterocycles. The van der Waals surface area contributed by atoms with Gasteiger partial charge in [0.25, 0.3) is 0 Å². The quantitative estimate of drug-likeness (QED) is 0.660. The lowest BCUT2D eigenvalue weighted by atomic mass is 9.90. The zero-order chi connectivity index (χ0) is 19.7. The first kappa shape index (κ1) is 18.0. The number of nitrogen functional groups attached to an aromatic ring is 1. The molecule has 142 valence electrons. The van der Waals surface area contributed by atoms with Crippen LogP contribution in [0.3, 0.4) is 0 Å². The average molecular weight is 374 g/mol. The fraction of sp³-hybridized carbons (Fsp3) is 0.217. The Bertz CT molecular complexity index is 1050. The van der Waals surface area contributed by atoms with E-state index in [1.54, 1.807) is 19.4 Å². The van der Waals surface area contributed by atoms with E-state index in [4.69, 9.17) is 15.2 Å². The standard InChI is InChI=1S/C23H22N2O3/c1-14(15-4-3-5-18(10-15)27-2)8-21(26)16-6-7-19-17(9-16)13-28-22-12-25-23(24)11-20(19)22/h3-7,9-12,14H,8,13H2,1-2H3,(H2,24,25)/t14-/m0/s1. The van der Waals surface area contributed by atoms with Crippen LogP contribution in [0.25, 0.3) is 11.1 Å². The molecule has 2 N–H and O–H groups in total. The number of ether oxygens (including phenoxy) is 2. The number of ketones is 1. The van der Waals surface area contributed by atoms with Gasteiger partial charge in [-0.3, -0.25) is 4.79 Å². The van der Waals surface area contributed by atoms with Gasteiger partial charge < -0.3 is 15.2 Å². The van der Waals surface area contributed by atoms with Crippen molar-refractivity contribution >= 4 is 11.6 Å². The minimum absolute atomic E-state index is 0.0986. The van der Waals surface area contributed by atoms with Crippen LogP contribution in [0.4, 0.5) is 5.82 Å². The molecule has 0 aliphatic carbocycles. The predicted molar refractivity (Wildman–Crippen MR) is 109 cm³/mol. The Kier molecular flexibility index (Phi) is 4.74. The molecule has 0 radical (unpaired) electrons. The highest BCUT2D eigenvalue weighted by molar-refractivity contribution is 5.97. The number of pyridine rings is 1. The number of nitrogens with zero attached hydrogens (tertiary/aromatic N) is 1. The van der Waals surface area contributed by atoms with Crippen molar-refractivity contribution in [3.8, 4) is 22.6 Å². The second-order valence-electron chi connectivity index (χ2n) is 7.07. The maximum atomic E-state index is 12.9. The number of carbonyl (C=O) groups excluding carboxylic acids is 1. The third kappa shape index (κ3) is 3.43. The van der Waals surface area contributed by atoms with E-state index in [1.165, 1.54) is 0 Å². The number of nitrogens with two attached hydrogens (primary N) is 1. The number of rotatable bonds is 5. The van der Waals surface area contributed by atoms with Crippen LogP contribution in [-0.4, -0.2) is 17.9 Å². The van der Waals surface area contributed by atoms with Gasteiger partial charge in [-0.25, -0.2) is 4.98 Å². The Labute approximate surface area is 164 Å². The Morgan fingerprint density at radius 1 is 1.21 bits per heavy atom. The molecule has 2 heterocycles. The van der Waals surface area contributed by atoms with Crippen molar-refractivity contribution in [2.75, 3.05) is 12.8 Å². The molecule has 0 saturated carbocycles. The van der Waals surface area contributed by atoms with Crippen molar-refractivity contribution in [1.82, 2.24) is 4.98 Å². The van der Waals surface area contributed by atoms with E-state index < -0.39 is 0 Å². The molecule has 5 heteroatoms. The Balaban J connectivity index is 1.56. The monoisotopic (exact) mass is 374 g/mol. The number of hydrogen-bond donors (Lipinski definition) is 1. The summed E-state index contributed by atoms with van der Waals surface area (Å²) in [7, 11) is 1.64. The van der Waals surface area contributed by atoms with Crippen molar-refractivity contribution in [3.63, 3.8) is 0 Å². The number of aromatic nitrogens is 1. The largest absolute Gasteiger partial charge is 0.497 e. The van der Waals surface area contributed by atoms with Crippen molar-refractivity contribution in [2.45, 2.75) is 25.9 Å². The molecule has 0 bridgehead atoms. The van der Waals surface area contributed by atoms with Crippen molar-refractivity contribution in [2.24, 2.45) is 0 Å². The molecule has 0 fully saturated rings. The molecule has 1 aromatic heterocycles. The van der Waals surface area contributed by atoms with Crippen molar-refractivity contribution < 1.29 is 14.3 Å². The topological polar surface area (TPSA) is 74.4 Å². The molecule has 1 atom stereocenters. The van der Waals surface area contributed by atoms with E-state index >= 15 is 0 Å². The Morgan fingerprint density at radius 2 is 2.07 bits per heavy atom. The van der Waals surface area contributed by atoms with Crippen LogP contribution in [0.1, 0.15) is 40.7 Å². The van der Waals surface area contributed by atoms with Crippen LogP contribution in [0.15, 0.2) is 54.7 Å². The Hall–Kier alpha value is -3.34. The fourth-order valence-electron chi connectivity index (χ4n) is 3.55. The van der Waals surface area contributed by atoms with Gasteiger partial charge >= 0.3 is 0 Å². The molecule has 3 aromatic rings. The SMILES string of the molecule is COc1cccc([C@@H](C)CC(=O)c2ccc3c(c2)COc2cnc(N)cc2-3)c1. The highest BCUT2D eigenvalue weighted by Crippen LogP contribution is 2.38. The number of methoxy groups -OCH3 is 1. The van der Waals surface area contributed by atoms with Crippen LogP contribution in [-0.2, 0) is 6.61 Å². The third-order valence-corrected chi connectivity index (χ3v) is 5.14. The summed E-state index contributed by atoms with van der Waals surface area (Å²) in [4.78, 5) is 16.9. The first-order valence-electron chi connectivity index (χ1n) is 9.24. The van der Waals surface area contributed by atoms with E-state index in [1.807, 2.05) is 42.5 Å². The van der Waals surface area contributed by atoms with Gasteiger partial charge in [0.1, 0.15) is 23.9 Å². The smallest absolute Gasteiger partial charge is 0.163 e. The summed E-state index contributed by atoms with van der Waals surface area (Å²) in [5.74, 6) is 2.17. The minimum atomic E-state index is 0.0986. The molecule has 0 spiro atoms. The maximum Gasteiger partial charge on any atom is 0.163 e. The van der Waals surface area contributed by atoms with E-state index in [2.05, 4.69) is 11.9 Å². The van der Waals surface area contributed by atoms with E-state index in [9.17, 15) is 4.79 Å². The first-order valence-corrected chi connectivity index (χ1v) is 9.24. The number of hydrogen-bond acceptors (Lipinski definition) is 5. The molecule has 0 amide bonds. The second kappa shape index (κ2) is 7.35. The van der Waals surface area contributed by atoms with Crippen molar-refractivity contribution in [1.29, 1.82) is 0 Å². The first-order chi connectivity index (χ1) is 13.5. The molecule has 1 aliphatic rings. The van der Waals surface area contributed by atoms with E-state index in [0.717, 1.165) is 28.0 Å². The summed E-state index contributed by atoms with van der Waals surface area (Å²) in [5.41, 5.74) is 10.5. The number of carbonyl (C=O) groups is 1. The summed E-state index contributed by atoms with van der Waals surface area (Å²) < 4.78 is 11.1. The lowest BCUT2D eigenvalue weighted by Crippen LogP contribution is -2.10. The molecule has 28 heavy (non-hydrogen) atoms. The number of fused-ring (bicyclic) bond motifs is 3. The highest BCUT2D eigenvalue weighted by Gasteiger charge is 2.20. The van der Waals surface area contributed by atoms with Gasteiger partial charge in [0.2, 0.25) is 0 Å². The molecule has 5 nitrogen and oxygen atoms in total. The predicted octanol–water partition coefficient (Wildman–Crippen LogP) is 4.61. The van der Waals surface area contributed by atoms with Gasteiger partial charge in [-0.1, -0.05) is 31.2 Å². The van der Waals surface area contributed by atoms with Gasteiger partial charge in [-0.2, -0.15) is 0 Å². The van der Waals surface area contributed by atoms with Gasteiger partial charge in [0, 0.05) is 17.5 Å². The van der Waals surface area contributed by atoms with Gasteiger partial charge in [-0.15, -0.1) is 0 Å². The fourth-order valence-corrected chi connectivity index (χ4v) is 3.55. The third-order valence-electron chi connectivity index (χ3n) is 5.14. The molecule has 2 aromatic carbocycles. The maximum absolute atomic E-state index is 12.9. The molecule has 0 unspecified atom stereocenters. The zero-order valence-corrected chi connectivity index (χ0v) is 15.9. The summed E-state index contributed by atoms with van der Waals surface area (Å²) in [6, 6.07) is 15.4. The van der Waals surface area contributed by atoms with Crippen molar-refractivity contribution in [3.05, 3.63) is 71.4 Å². The number of Topliss-reactive ketones (excluding diaryl/α,β-unsaturated/α-hetero) is 1. The summed E-state index contributed by atoms with van der Waals surface area (Å²) >= 11 is 0. The van der Waals surface area contributed by atoms with Crippen LogP contribution >= 0.6 is 0 Å². The minimum Gasteiger partial charge on any atom is -0.497 e. The van der Waals surface area contributed by atoms with Gasteiger partial charge in [0.05, 0.1) is 13.3 Å².